The van der Waals surface area contributed by atoms with Crippen molar-refractivity contribution in [2.24, 2.45) is 0 Å². The van der Waals surface area contributed by atoms with Crippen LogP contribution in [0, 0.1) is 0 Å². The van der Waals surface area contributed by atoms with Gasteiger partial charge in [-0.15, -0.1) is 23.5 Å². The van der Waals surface area contributed by atoms with Gasteiger partial charge in [0.1, 0.15) is 21.3 Å². The van der Waals surface area contributed by atoms with Gasteiger partial charge in [-0.2, -0.15) is 0 Å². The molecule has 0 aliphatic carbocycles. The Labute approximate surface area is 294 Å². The van der Waals surface area contributed by atoms with E-state index >= 15 is 0 Å². The standard InChI is InChI=1S/C32H29Br4NO4S2/c1-17(2)41-27-9-7-19(14-22(27)34)28-25(13-18-6-8-26(39-3)21(33)12-18)37-31(38)29(28)32(42-10-5-11-43-32)20-15-23(35)30(40-4)24(36)16-20/h6-9,12-17H,5,10-11H2,1-4H3,(H,37,38)/b25-13-. The molecule has 11 heteroatoms. The molecule has 1 N–H and O–H groups in total. The van der Waals surface area contributed by atoms with E-state index in [0.717, 1.165) is 80.9 Å². The van der Waals surface area contributed by atoms with Crippen LogP contribution in [0.4, 0.5) is 0 Å². The lowest BCUT2D eigenvalue weighted by atomic mass is 9.93. The van der Waals surface area contributed by atoms with Crippen LogP contribution in [0.1, 0.15) is 37.0 Å². The van der Waals surface area contributed by atoms with Crippen LogP contribution in [-0.2, 0) is 8.87 Å². The fraction of sp³-hybridized carbons (Fsp3) is 0.281. The van der Waals surface area contributed by atoms with Gasteiger partial charge in [0.2, 0.25) is 0 Å². The maximum Gasteiger partial charge on any atom is 0.254 e. The minimum absolute atomic E-state index is 0.0286. The molecule has 0 unspecified atom stereocenters. The van der Waals surface area contributed by atoms with Gasteiger partial charge < -0.3 is 19.5 Å². The lowest BCUT2D eigenvalue weighted by Crippen LogP contribution is -2.31. The molecule has 0 aromatic heterocycles. The molecule has 5 nitrogen and oxygen atoms in total. The smallest absolute Gasteiger partial charge is 0.254 e. The maximum atomic E-state index is 14.2. The molecule has 226 valence electrons. The largest absolute Gasteiger partial charge is 0.496 e. The molecule has 0 spiro atoms. The summed E-state index contributed by atoms with van der Waals surface area (Å²) in [7, 11) is 3.29. The van der Waals surface area contributed by atoms with E-state index in [1.54, 1.807) is 37.7 Å². The van der Waals surface area contributed by atoms with Crippen molar-refractivity contribution in [1.29, 1.82) is 0 Å². The topological polar surface area (TPSA) is 56.8 Å². The van der Waals surface area contributed by atoms with Crippen molar-refractivity contribution in [3.63, 3.8) is 0 Å². The zero-order valence-electron chi connectivity index (χ0n) is 23.9. The van der Waals surface area contributed by atoms with Gasteiger partial charge in [-0.25, -0.2) is 0 Å². The second-order valence-electron chi connectivity index (χ2n) is 10.1. The van der Waals surface area contributed by atoms with E-state index in [9.17, 15) is 4.79 Å². The lowest BCUT2D eigenvalue weighted by Gasteiger charge is -2.38. The van der Waals surface area contributed by atoms with Gasteiger partial charge in [-0.05, 0) is 155 Å². The molecule has 2 aliphatic rings. The van der Waals surface area contributed by atoms with Gasteiger partial charge in [0.25, 0.3) is 5.91 Å². The Hall–Kier alpha value is -1.37. The molecular weight excluding hydrogens is 846 g/mol. The fourth-order valence-corrected chi connectivity index (χ4v) is 11.1. The van der Waals surface area contributed by atoms with Gasteiger partial charge in [0, 0.05) is 5.57 Å². The Morgan fingerprint density at radius 2 is 1.51 bits per heavy atom. The van der Waals surface area contributed by atoms with Crippen molar-refractivity contribution in [3.8, 4) is 17.2 Å². The van der Waals surface area contributed by atoms with Gasteiger partial charge in [0.15, 0.2) is 0 Å². The van der Waals surface area contributed by atoms with Crippen LogP contribution in [0.2, 0.25) is 0 Å². The highest BCUT2D eigenvalue weighted by molar-refractivity contribution is 9.11. The van der Waals surface area contributed by atoms with Crippen molar-refractivity contribution >= 4 is 105 Å². The molecule has 5 rings (SSSR count). The molecule has 2 heterocycles. The second-order valence-corrected chi connectivity index (χ2v) is 16.4. The number of halogens is 4. The number of thioether (sulfide) groups is 2. The normalized spacial score (nSPS) is 17.4. The zero-order chi connectivity index (χ0) is 30.9. The van der Waals surface area contributed by atoms with Gasteiger partial charge in [-0.1, -0.05) is 12.1 Å². The third kappa shape index (κ3) is 6.77. The first-order chi connectivity index (χ1) is 20.6. The van der Waals surface area contributed by atoms with Gasteiger partial charge >= 0.3 is 0 Å². The van der Waals surface area contributed by atoms with Crippen molar-refractivity contribution in [2.45, 2.75) is 30.5 Å². The molecule has 43 heavy (non-hydrogen) atoms. The van der Waals surface area contributed by atoms with Crippen molar-refractivity contribution in [3.05, 3.63) is 94.4 Å². The molecule has 1 fully saturated rings. The summed E-state index contributed by atoms with van der Waals surface area (Å²) in [6.07, 6.45) is 3.11. The summed E-state index contributed by atoms with van der Waals surface area (Å²) in [6.45, 7) is 4.00. The first-order valence-corrected chi connectivity index (χ1v) is 18.6. The van der Waals surface area contributed by atoms with Gasteiger partial charge in [-0.3, -0.25) is 4.79 Å². The number of carbonyl (C=O) groups excluding carboxylic acids is 1. The number of amides is 1. The van der Waals surface area contributed by atoms with E-state index in [0.29, 0.717) is 5.75 Å². The number of allylic oxidation sites excluding steroid dienone is 1. The highest BCUT2D eigenvalue weighted by Gasteiger charge is 2.48. The average molecular weight is 875 g/mol. The van der Waals surface area contributed by atoms with Crippen molar-refractivity contribution in [2.75, 3.05) is 25.7 Å². The maximum absolute atomic E-state index is 14.2. The number of benzene rings is 3. The number of ether oxygens (including phenoxy) is 3. The third-order valence-corrected chi connectivity index (χ3v) is 12.7. The van der Waals surface area contributed by atoms with Crippen LogP contribution in [0.25, 0.3) is 11.6 Å². The molecule has 1 saturated heterocycles. The molecule has 3 aromatic carbocycles. The van der Waals surface area contributed by atoms with Gasteiger partial charge in [0.05, 0.1) is 49.5 Å². The van der Waals surface area contributed by atoms with E-state index in [4.69, 9.17) is 14.2 Å². The van der Waals surface area contributed by atoms with E-state index in [1.165, 1.54) is 0 Å². The minimum Gasteiger partial charge on any atom is -0.496 e. The number of methoxy groups -OCH3 is 2. The highest BCUT2D eigenvalue weighted by atomic mass is 79.9. The van der Waals surface area contributed by atoms with E-state index in [-0.39, 0.29) is 12.0 Å². The quantitative estimate of drug-likeness (QED) is 0.243. The number of hydrogen-bond acceptors (Lipinski definition) is 6. The summed E-state index contributed by atoms with van der Waals surface area (Å²) < 4.78 is 19.7. The Morgan fingerprint density at radius 3 is 2.09 bits per heavy atom. The van der Waals surface area contributed by atoms with E-state index in [1.807, 2.05) is 56.3 Å². The second kappa shape index (κ2) is 14.0. The van der Waals surface area contributed by atoms with Crippen LogP contribution in [0.3, 0.4) is 0 Å². The summed E-state index contributed by atoms with van der Waals surface area (Å²) in [5, 5.41) is 3.24. The molecule has 2 aliphatic heterocycles. The summed E-state index contributed by atoms with van der Waals surface area (Å²) >= 11 is 18.4. The first-order valence-electron chi connectivity index (χ1n) is 13.5. The molecule has 0 atom stereocenters. The summed E-state index contributed by atoms with van der Waals surface area (Å²) in [6, 6.07) is 16.1. The first kappa shape index (κ1) is 33.0. The average Bonchev–Trinajstić information content (AvgIpc) is 3.29. The van der Waals surface area contributed by atoms with Crippen molar-refractivity contribution < 1.29 is 19.0 Å². The number of nitrogens with one attached hydrogen (secondary N) is 1. The predicted octanol–water partition coefficient (Wildman–Crippen LogP) is 10.2. The van der Waals surface area contributed by atoms with E-state index < -0.39 is 4.08 Å². The molecule has 0 saturated carbocycles. The number of rotatable bonds is 8. The molecule has 1 amide bonds. The Balaban J connectivity index is 1.78. The fourth-order valence-electron chi connectivity index (χ4n) is 5.10. The van der Waals surface area contributed by atoms with E-state index in [2.05, 4.69) is 81.2 Å². The lowest BCUT2D eigenvalue weighted by molar-refractivity contribution is -0.116. The molecule has 0 radical (unpaired) electrons. The third-order valence-electron chi connectivity index (χ3n) is 6.88. The monoisotopic (exact) mass is 871 g/mol. The highest BCUT2D eigenvalue weighted by Crippen LogP contribution is 2.60. The zero-order valence-corrected chi connectivity index (χ0v) is 31.8. The molecular formula is C32H29Br4NO4S2. The van der Waals surface area contributed by atoms with Crippen LogP contribution in [-0.4, -0.2) is 37.7 Å². The summed E-state index contributed by atoms with van der Waals surface area (Å²) in [5.74, 6) is 3.94. The van der Waals surface area contributed by atoms with Crippen LogP contribution >= 0.6 is 87.2 Å². The predicted molar refractivity (Wildman–Crippen MR) is 193 cm³/mol. The molecule has 3 aromatic rings. The summed E-state index contributed by atoms with van der Waals surface area (Å²) in [4.78, 5) is 14.2. The van der Waals surface area contributed by atoms with Crippen LogP contribution in [0.15, 0.2) is 77.7 Å². The van der Waals surface area contributed by atoms with Crippen LogP contribution < -0.4 is 19.5 Å². The minimum atomic E-state index is -0.662. The van der Waals surface area contributed by atoms with Crippen molar-refractivity contribution in [1.82, 2.24) is 5.32 Å². The molecule has 0 bridgehead atoms. The Kier molecular flexibility index (Phi) is 10.7. The number of carbonyl (C=O) groups is 1. The summed E-state index contributed by atoms with van der Waals surface area (Å²) in [5.41, 5.74) is 5.16. The Bertz CT molecular complexity index is 1610. The Morgan fingerprint density at radius 1 is 0.860 bits per heavy atom. The van der Waals surface area contributed by atoms with Crippen LogP contribution in [0.5, 0.6) is 17.2 Å². The number of hydrogen-bond donors (Lipinski definition) is 1. The SMILES string of the molecule is COc1ccc(/C=C2\NC(=O)C(C3(c4cc(Br)c(OC)c(Br)c4)SCCCS3)=C2c2ccc(OC(C)C)c(Br)c2)cc1Br.